The maximum Gasteiger partial charge on any atom is 0.244 e. The predicted molar refractivity (Wildman–Crippen MR) is 101 cm³/mol. The van der Waals surface area contributed by atoms with Crippen LogP contribution >= 0.6 is 11.6 Å². The highest BCUT2D eigenvalue weighted by Gasteiger charge is 2.08. The van der Waals surface area contributed by atoms with Crippen LogP contribution in [0.3, 0.4) is 0 Å². The Hall–Kier alpha value is -2.46. The van der Waals surface area contributed by atoms with Crippen molar-refractivity contribution in [3.8, 4) is 11.5 Å². The third kappa shape index (κ3) is 5.54. The molecule has 0 aliphatic rings. The molecule has 0 aliphatic heterocycles. The van der Waals surface area contributed by atoms with E-state index in [1.165, 1.54) is 6.08 Å². The van der Waals surface area contributed by atoms with Crippen molar-refractivity contribution in [3.63, 3.8) is 0 Å². The lowest BCUT2D eigenvalue weighted by Crippen LogP contribution is -2.24. The fourth-order valence-electron chi connectivity index (χ4n) is 2.33. The van der Waals surface area contributed by atoms with E-state index >= 15 is 0 Å². The van der Waals surface area contributed by atoms with Crippen molar-refractivity contribution in [3.05, 3.63) is 64.7 Å². The van der Waals surface area contributed by atoms with Crippen molar-refractivity contribution in [2.45, 2.75) is 19.9 Å². The molecular formula is C20H22ClNO3. The Balaban J connectivity index is 2.00. The Morgan fingerprint density at radius 1 is 1.20 bits per heavy atom. The molecule has 2 rings (SSSR count). The normalized spacial score (nSPS) is 12.0. The van der Waals surface area contributed by atoms with E-state index in [9.17, 15) is 4.79 Å². The second kappa shape index (κ2) is 9.14. The summed E-state index contributed by atoms with van der Waals surface area (Å²) in [6.45, 7) is 4.41. The minimum atomic E-state index is -0.171. The number of benzene rings is 2. The molecule has 0 heterocycles. The Labute approximate surface area is 153 Å². The van der Waals surface area contributed by atoms with Crippen molar-refractivity contribution >= 4 is 23.6 Å². The first-order valence-corrected chi connectivity index (χ1v) is 8.46. The molecule has 2 aromatic carbocycles. The molecule has 0 saturated heterocycles. The monoisotopic (exact) mass is 359 g/mol. The second-order valence-electron chi connectivity index (χ2n) is 5.46. The average molecular weight is 360 g/mol. The molecule has 0 saturated carbocycles. The van der Waals surface area contributed by atoms with Crippen LogP contribution < -0.4 is 14.8 Å². The maximum absolute atomic E-state index is 12.1. The summed E-state index contributed by atoms with van der Waals surface area (Å²) in [4.78, 5) is 12.1. The Morgan fingerprint density at radius 2 is 1.92 bits per heavy atom. The highest BCUT2D eigenvalue weighted by Crippen LogP contribution is 2.28. The summed E-state index contributed by atoms with van der Waals surface area (Å²) in [6, 6.07) is 12.8. The lowest BCUT2D eigenvalue weighted by atomic mass is 10.1. The van der Waals surface area contributed by atoms with Crippen molar-refractivity contribution in [1.82, 2.24) is 5.32 Å². The molecule has 4 nitrogen and oxygen atoms in total. The highest BCUT2D eigenvalue weighted by atomic mass is 35.5. The van der Waals surface area contributed by atoms with E-state index in [0.29, 0.717) is 23.1 Å². The van der Waals surface area contributed by atoms with Crippen LogP contribution in [0.1, 0.15) is 31.0 Å². The average Bonchev–Trinajstić information content (AvgIpc) is 2.61. The summed E-state index contributed by atoms with van der Waals surface area (Å²) in [6.07, 6.45) is 3.24. The van der Waals surface area contributed by atoms with E-state index in [4.69, 9.17) is 21.1 Å². The third-order valence-corrected chi connectivity index (χ3v) is 3.90. The van der Waals surface area contributed by atoms with Gasteiger partial charge in [0.1, 0.15) is 0 Å². The Morgan fingerprint density at radius 3 is 2.56 bits per heavy atom. The SMILES string of the molecule is CCOc1ccc(/C=C/C(=O)NC(C)c2ccc(Cl)cc2)cc1OC. The molecule has 132 valence electrons. The quantitative estimate of drug-likeness (QED) is 0.733. The number of hydrogen-bond donors (Lipinski definition) is 1. The molecule has 0 radical (unpaired) electrons. The number of rotatable bonds is 7. The first-order chi connectivity index (χ1) is 12.0. The molecule has 0 fully saturated rings. The zero-order valence-electron chi connectivity index (χ0n) is 14.6. The van der Waals surface area contributed by atoms with Gasteiger partial charge in [0.2, 0.25) is 5.91 Å². The fraction of sp³-hybridized carbons (Fsp3) is 0.250. The summed E-state index contributed by atoms with van der Waals surface area (Å²) >= 11 is 5.88. The summed E-state index contributed by atoms with van der Waals surface area (Å²) in [5, 5.41) is 3.59. The largest absolute Gasteiger partial charge is 0.493 e. The van der Waals surface area contributed by atoms with Gasteiger partial charge >= 0.3 is 0 Å². The third-order valence-electron chi connectivity index (χ3n) is 3.64. The fourth-order valence-corrected chi connectivity index (χ4v) is 2.46. The summed E-state index contributed by atoms with van der Waals surface area (Å²) in [7, 11) is 1.59. The van der Waals surface area contributed by atoms with Gasteiger partial charge in [0.25, 0.3) is 0 Å². The van der Waals surface area contributed by atoms with Crippen molar-refractivity contribution < 1.29 is 14.3 Å². The zero-order valence-corrected chi connectivity index (χ0v) is 15.3. The van der Waals surface area contributed by atoms with E-state index in [2.05, 4.69) is 5.32 Å². The van der Waals surface area contributed by atoms with Crippen LogP contribution in [0.25, 0.3) is 6.08 Å². The van der Waals surface area contributed by atoms with Gasteiger partial charge in [0.15, 0.2) is 11.5 Å². The van der Waals surface area contributed by atoms with E-state index in [-0.39, 0.29) is 11.9 Å². The molecule has 2 aromatic rings. The molecule has 1 N–H and O–H groups in total. The van der Waals surface area contributed by atoms with Gasteiger partial charge in [-0.25, -0.2) is 0 Å². The van der Waals surface area contributed by atoms with Crippen LogP contribution in [-0.4, -0.2) is 19.6 Å². The van der Waals surface area contributed by atoms with Crippen LogP contribution in [0.5, 0.6) is 11.5 Å². The minimum absolute atomic E-state index is 0.107. The number of methoxy groups -OCH3 is 1. The van der Waals surface area contributed by atoms with Crippen LogP contribution in [-0.2, 0) is 4.79 Å². The molecule has 0 spiro atoms. The van der Waals surface area contributed by atoms with Gasteiger partial charge in [-0.15, -0.1) is 0 Å². The number of amides is 1. The van der Waals surface area contributed by atoms with Crippen LogP contribution in [0.4, 0.5) is 0 Å². The maximum atomic E-state index is 12.1. The van der Waals surface area contributed by atoms with Crippen molar-refractivity contribution in [2.24, 2.45) is 0 Å². The van der Waals surface area contributed by atoms with Crippen molar-refractivity contribution in [2.75, 3.05) is 13.7 Å². The molecule has 1 unspecified atom stereocenters. The van der Waals surface area contributed by atoms with Gasteiger partial charge < -0.3 is 14.8 Å². The number of hydrogen-bond acceptors (Lipinski definition) is 3. The molecule has 0 bridgehead atoms. The van der Waals surface area contributed by atoms with Gasteiger partial charge in [-0.3, -0.25) is 4.79 Å². The lowest BCUT2D eigenvalue weighted by Gasteiger charge is -2.13. The standard InChI is InChI=1S/C20H22ClNO3/c1-4-25-18-11-5-15(13-19(18)24-3)6-12-20(23)22-14(2)16-7-9-17(21)10-8-16/h5-14H,4H2,1-3H3,(H,22,23)/b12-6+. The second-order valence-corrected chi connectivity index (χ2v) is 5.89. The smallest absolute Gasteiger partial charge is 0.244 e. The number of carbonyl (C=O) groups is 1. The topological polar surface area (TPSA) is 47.6 Å². The van der Waals surface area contributed by atoms with E-state index in [1.54, 1.807) is 13.2 Å². The predicted octanol–water partition coefficient (Wildman–Crippen LogP) is 4.64. The number of ether oxygens (including phenoxy) is 2. The van der Waals surface area contributed by atoms with Crippen LogP contribution in [0.2, 0.25) is 5.02 Å². The molecule has 0 aromatic heterocycles. The summed E-state index contributed by atoms with van der Waals surface area (Å²) in [5.41, 5.74) is 1.85. The van der Waals surface area contributed by atoms with Gasteiger partial charge in [-0.05, 0) is 55.3 Å². The highest BCUT2D eigenvalue weighted by molar-refractivity contribution is 6.30. The molecule has 25 heavy (non-hydrogen) atoms. The van der Waals surface area contributed by atoms with Gasteiger partial charge in [-0.1, -0.05) is 29.8 Å². The molecular weight excluding hydrogens is 338 g/mol. The molecule has 5 heteroatoms. The number of halogens is 1. The molecule has 1 amide bonds. The first kappa shape index (κ1) is 18.9. The van der Waals surface area contributed by atoms with Crippen molar-refractivity contribution in [1.29, 1.82) is 0 Å². The summed E-state index contributed by atoms with van der Waals surface area (Å²) in [5.74, 6) is 1.15. The number of carbonyl (C=O) groups excluding carboxylic acids is 1. The lowest BCUT2D eigenvalue weighted by molar-refractivity contribution is -0.117. The van der Waals surface area contributed by atoms with E-state index < -0.39 is 0 Å². The molecule has 0 aliphatic carbocycles. The van der Waals surface area contributed by atoms with E-state index in [1.807, 2.05) is 56.3 Å². The molecule has 1 atom stereocenters. The Bertz CT molecular complexity index is 741. The van der Waals surface area contributed by atoms with Crippen LogP contribution in [0, 0.1) is 0 Å². The number of nitrogens with one attached hydrogen (secondary N) is 1. The minimum Gasteiger partial charge on any atom is -0.493 e. The van der Waals surface area contributed by atoms with Gasteiger partial charge in [0, 0.05) is 11.1 Å². The zero-order chi connectivity index (χ0) is 18.2. The first-order valence-electron chi connectivity index (χ1n) is 8.08. The summed E-state index contributed by atoms with van der Waals surface area (Å²) < 4.78 is 10.8. The van der Waals surface area contributed by atoms with Crippen LogP contribution in [0.15, 0.2) is 48.5 Å². The van der Waals surface area contributed by atoms with E-state index in [0.717, 1.165) is 11.1 Å². The van der Waals surface area contributed by atoms with Gasteiger partial charge in [-0.2, -0.15) is 0 Å². The van der Waals surface area contributed by atoms with Gasteiger partial charge in [0.05, 0.1) is 19.8 Å². The Kier molecular flexibility index (Phi) is 6.90.